The van der Waals surface area contributed by atoms with Crippen molar-refractivity contribution in [1.29, 1.82) is 0 Å². The average Bonchev–Trinajstić information content (AvgIpc) is 2.25. The third-order valence-corrected chi connectivity index (χ3v) is 3.84. The van der Waals surface area contributed by atoms with Crippen LogP contribution in [0.5, 0.6) is 0 Å². The molecule has 0 spiro atoms. The van der Waals surface area contributed by atoms with Crippen LogP contribution in [-0.2, 0) is 19.6 Å². The zero-order valence-corrected chi connectivity index (χ0v) is 11.3. The van der Waals surface area contributed by atoms with Crippen LogP contribution in [0.3, 0.4) is 0 Å². The van der Waals surface area contributed by atoms with E-state index in [0.29, 0.717) is 0 Å². The summed E-state index contributed by atoms with van der Waals surface area (Å²) in [5.74, 6) is -0.566. The Hall–Kier alpha value is -0.660. The van der Waals surface area contributed by atoms with Gasteiger partial charge in [-0.25, -0.2) is 13.1 Å². The summed E-state index contributed by atoms with van der Waals surface area (Å²) in [6.45, 7) is 3.39. The van der Waals surface area contributed by atoms with Gasteiger partial charge in [-0.3, -0.25) is 4.79 Å². The van der Waals surface area contributed by atoms with E-state index in [1.54, 1.807) is 0 Å². The summed E-state index contributed by atoms with van der Waals surface area (Å²) in [5, 5.41) is 9.01. The molecule has 1 atom stereocenters. The van der Waals surface area contributed by atoms with Gasteiger partial charge in [0.25, 0.3) is 0 Å². The number of aliphatic hydroxyl groups excluding tert-OH is 1. The number of esters is 1. The third-order valence-electron chi connectivity index (χ3n) is 2.35. The van der Waals surface area contributed by atoms with Crippen LogP contribution in [0.2, 0.25) is 0 Å². The summed E-state index contributed by atoms with van der Waals surface area (Å²) in [7, 11) is -2.20. The molecule has 6 nitrogen and oxygen atoms in total. The topological polar surface area (TPSA) is 92.7 Å². The quantitative estimate of drug-likeness (QED) is 0.598. The highest BCUT2D eigenvalue weighted by molar-refractivity contribution is 7.89. The fourth-order valence-electron chi connectivity index (χ4n) is 1.18. The molecule has 17 heavy (non-hydrogen) atoms. The van der Waals surface area contributed by atoms with Gasteiger partial charge in [-0.1, -0.05) is 13.8 Å². The van der Waals surface area contributed by atoms with Crippen molar-refractivity contribution in [2.24, 2.45) is 5.92 Å². The molecule has 0 fully saturated rings. The van der Waals surface area contributed by atoms with Gasteiger partial charge in [0.15, 0.2) is 0 Å². The maximum Gasteiger partial charge on any atom is 0.305 e. The molecule has 0 aliphatic carbocycles. The Morgan fingerprint density at radius 3 is 2.41 bits per heavy atom. The van der Waals surface area contributed by atoms with E-state index in [4.69, 9.17) is 5.11 Å². The lowest BCUT2D eigenvalue weighted by Crippen LogP contribution is -2.42. The maximum absolute atomic E-state index is 11.6. The lowest BCUT2D eigenvalue weighted by molar-refractivity contribution is -0.140. The van der Waals surface area contributed by atoms with E-state index in [9.17, 15) is 13.2 Å². The fraction of sp³-hybridized carbons (Fsp3) is 0.900. The van der Waals surface area contributed by atoms with Crippen molar-refractivity contribution in [3.63, 3.8) is 0 Å². The first-order valence-corrected chi connectivity index (χ1v) is 7.15. The van der Waals surface area contributed by atoms with Crippen molar-refractivity contribution >= 4 is 16.0 Å². The number of ether oxygens (including phenoxy) is 1. The largest absolute Gasteiger partial charge is 0.469 e. The summed E-state index contributed by atoms with van der Waals surface area (Å²) in [4.78, 5) is 10.8. The molecule has 0 heterocycles. The molecule has 0 aliphatic heterocycles. The molecule has 0 aliphatic rings. The molecule has 2 N–H and O–H groups in total. The van der Waals surface area contributed by atoms with E-state index in [2.05, 4.69) is 9.46 Å². The first-order chi connectivity index (χ1) is 7.82. The predicted molar refractivity (Wildman–Crippen MR) is 63.9 cm³/mol. The van der Waals surface area contributed by atoms with E-state index in [0.717, 1.165) is 0 Å². The zero-order chi connectivity index (χ0) is 13.5. The lowest BCUT2D eigenvalue weighted by Gasteiger charge is -2.19. The van der Waals surface area contributed by atoms with Gasteiger partial charge in [0.2, 0.25) is 10.0 Å². The fourth-order valence-corrected chi connectivity index (χ4v) is 2.63. The summed E-state index contributed by atoms with van der Waals surface area (Å²) >= 11 is 0. The normalized spacial score (nSPS) is 13.7. The molecule has 0 bridgehead atoms. The number of rotatable bonds is 8. The Bertz CT molecular complexity index is 326. The number of hydrogen-bond donors (Lipinski definition) is 2. The second-order valence-corrected chi connectivity index (χ2v) is 6.02. The lowest BCUT2D eigenvalue weighted by atomic mass is 10.1. The minimum Gasteiger partial charge on any atom is -0.469 e. The van der Waals surface area contributed by atoms with Crippen LogP contribution in [-0.4, -0.2) is 45.0 Å². The summed E-state index contributed by atoms with van der Waals surface area (Å²) in [5.41, 5.74) is 0. The summed E-state index contributed by atoms with van der Waals surface area (Å²) < 4.78 is 30.0. The van der Waals surface area contributed by atoms with E-state index in [1.807, 2.05) is 13.8 Å². The van der Waals surface area contributed by atoms with Crippen LogP contribution >= 0.6 is 0 Å². The Labute approximate surface area is 102 Å². The summed E-state index contributed by atoms with van der Waals surface area (Å²) in [6, 6.07) is -0.488. The van der Waals surface area contributed by atoms with Crippen molar-refractivity contribution in [3.05, 3.63) is 0 Å². The van der Waals surface area contributed by atoms with Crippen LogP contribution in [0.4, 0.5) is 0 Å². The number of sulfonamides is 1. The molecule has 7 heteroatoms. The molecule has 0 saturated carbocycles. The molecule has 0 amide bonds. The standard InChI is InChI=1S/C10H21NO5S/c1-8(2)9(7-12)11-17(14,15)6-4-5-10(13)16-3/h8-9,11-12H,4-7H2,1-3H3/t9-/m1/s1. The highest BCUT2D eigenvalue weighted by atomic mass is 32.2. The monoisotopic (exact) mass is 267 g/mol. The number of hydrogen-bond acceptors (Lipinski definition) is 5. The van der Waals surface area contributed by atoms with Crippen molar-refractivity contribution < 1.29 is 23.1 Å². The van der Waals surface area contributed by atoms with Gasteiger partial charge in [0.1, 0.15) is 0 Å². The highest BCUT2D eigenvalue weighted by Gasteiger charge is 2.20. The van der Waals surface area contributed by atoms with Gasteiger partial charge >= 0.3 is 5.97 Å². The van der Waals surface area contributed by atoms with Crippen molar-refractivity contribution in [2.45, 2.75) is 32.7 Å². The van der Waals surface area contributed by atoms with Gasteiger partial charge in [0.05, 0.1) is 19.5 Å². The first-order valence-electron chi connectivity index (χ1n) is 5.50. The van der Waals surface area contributed by atoms with Crippen molar-refractivity contribution in [3.8, 4) is 0 Å². The molecule has 0 radical (unpaired) electrons. The molecule has 0 aromatic heterocycles. The minimum absolute atomic E-state index is 0.00961. The average molecular weight is 267 g/mol. The van der Waals surface area contributed by atoms with Crippen LogP contribution in [0.25, 0.3) is 0 Å². The molecule has 0 rings (SSSR count). The van der Waals surface area contributed by atoms with Crippen molar-refractivity contribution in [2.75, 3.05) is 19.5 Å². The Kier molecular flexibility index (Phi) is 7.33. The smallest absolute Gasteiger partial charge is 0.305 e. The second kappa shape index (κ2) is 7.62. The molecular formula is C10H21NO5S. The van der Waals surface area contributed by atoms with E-state index in [1.165, 1.54) is 7.11 Å². The molecule has 102 valence electrons. The molecular weight excluding hydrogens is 246 g/mol. The van der Waals surface area contributed by atoms with Crippen LogP contribution < -0.4 is 4.72 Å². The Morgan fingerprint density at radius 2 is 2.00 bits per heavy atom. The minimum atomic E-state index is -3.46. The molecule has 0 unspecified atom stereocenters. The van der Waals surface area contributed by atoms with Gasteiger partial charge in [-0.05, 0) is 12.3 Å². The van der Waals surface area contributed by atoms with Gasteiger partial charge in [-0.15, -0.1) is 0 Å². The molecule has 0 saturated heterocycles. The Balaban J connectivity index is 4.16. The molecule has 0 aromatic rings. The van der Waals surface area contributed by atoms with E-state index < -0.39 is 22.0 Å². The van der Waals surface area contributed by atoms with Crippen LogP contribution in [0, 0.1) is 5.92 Å². The van der Waals surface area contributed by atoms with E-state index in [-0.39, 0.29) is 31.1 Å². The van der Waals surface area contributed by atoms with Crippen LogP contribution in [0.15, 0.2) is 0 Å². The third kappa shape index (κ3) is 7.30. The van der Waals surface area contributed by atoms with Gasteiger partial charge in [-0.2, -0.15) is 0 Å². The zero-order valence-electron chi connectivity index (χ0n) is 10.5. The SMILES string of the molecule is COC(=O)CCCS(=O)(=O)N[C@H](CO)C(C)C. The Morgan fingerprint density at radius 1 is 1.41 bits per heavy atom. The van der Waals surface area contributed by atoms with Crippen molar-refractivity contribution in [1.82, 2.24) is 4.72 Å². The predicted octanol–water partition coefficient (Wildman–Crippen LogP) is -0.124. The first kappa shape index (κ1) is 16.3. The number of carbonyl (C=O) groups is 1. The number of methoxy groups -OCH3 is 1. The van der Waals surface area contributed by atoms with Gasteiger partial charge in [0, 0.05) is 12.5 Å². The number of aliphatic hydroxyl groups is 1. The van der Waals surface area contributed by atoms with Gasteiger partial charge < -0.3 is 9.84 Å². The molecule has 0 aromatic carbocycles. The number of nitrogens with one attached hydrogen (secondary N) is 1. The highest BCUT2D eigenvalue weighted by Crippen LogP contribution is 2.04. The second-order valence-electron chi connectivity index (χ2n) is 4.15. The summed E-state index contributed by atoms with van der Waals surface area (Å²) in [6.07, 6.45) is 0.279. The maximum atomic E-state index is 11.6. The van der Waals surface area contributed by atoms with E-state index >= 15 is 0 Å². The number of carbonyl (C=O) groups excluding carboxylic acids is 1. The van der Waals surface area contributed by atoms with Crippen LogP contribution in [0.1, 0.15) is 26.7 Å².